The van der Waals surface area contributed by atoms with Crippen molar-refractivity contribution in [1.82, 2.24) is 0 Å². The maximum Gasteiger partial charge on any atom is 0.374 e. The summed E-state index contributed by atoms with van der Waals surface area (Å²) in [5, 5.41) is 8.73. The SMILES string of the molecule is COc1c(C=CC(=O)O)cc(C(C)(CC(C)C)[Si](O[Si](C)(C)C)O[Si](C)(C)C)c(OC)c1OC. The third-order valence-electron chi connectivity index (χ3n) is 4.90. The number of rotatable bonds is 13. The van der Waals surface area contributed by atoms with Gasteiger partial charge in [-0.1, -0.05) is 20.8 Å². The Hall–Kier alpha value is -1.60. The van der Waals surface area contributed by atoms with Gasteiger partial charge < -0.3 is 27.5 Å². The van der Waals surface area contributed by atoms with E-state index in [4.69, 9.17) is 22.4 Å². The Morgan fingerprint density at radius 2 is 1.44 bits per heavy atom. The first-order valence-corrected chi connectivity index (χ1v) is 19.6. The van der Waals surface area contributed by atoms with Gasteiger partial charge in [0.25, 0.3) is 0 Å². The molecule has 0 aliphatic rings. The van der Waals surface area contributed by atoms with Crippen molar-refractivity contribution in [3.63, 3.8) is 0 Å². The van der Waals surface area contributed by atoms with Gasteiger partial charge in [-0.15, -0.1) is 0 Å². The molecule has 0 spiro atoms. The molecule has 0 aromatic heterocycles. The molecule has 0 aliphatic carbocycles. The highest BCUT2D eigenvalue weighted by Gasteiger charge is 2.49. The molecule has 0 saturated carbocycles. The molecule has 1 radical (unpaired) electrons. The Morgan fingerprint density at radius 1 is 0.971 bits per heavy atom. The van der Waals surface area contributed by atoms with Gasteiger partial charge in [0.1, 0.15) is 0 Å². The Kier molecular flexibility index (Phi) is 10.6. The fourth-order valence-electron chi connectivity index (χ4n) is 3.86. The Balaban J connectivity index is 4.07. The van der Waals surface area contributed by atoms with Crippen molar-refractivity contribution in [2.75, 3.05) is 21.3 Å². The lowest BCUT2D eigenvalue weighted by Crippen LogP contribution is -2.55. The zero-order valence-electron chi connectivity index (χ0n) is 22.9. The predicted molar refractivity (Wildman–Crippen MR) is 144 cm³/mol. The summed E-state index contributed by atoms with van der Waals surface area (Å²) >= 11 is 0. The molecule has 1 aromatic carbocycles. The number of carboxylic acid groups (broad SMARTS) is 1. The van der Waals surface area contributed by atoms with Gasteiger partial charge in [0.2, 0.25) is 5.75 Å². The van der Waals surface area contributed by atoms with Crippen LogP contribution in [0.5, 0.6) is 17.2 Å². The van der Waals surface area contributed by atoms with Gasteiger partial charge in [-0.05, 0) is 63.8 Å². The molecular formula is C24H43O7Si3. The van der Waals surface area contributed by atoms with Crippen molar-refractivity contribution in [2.24, 2.45) is 5.92 Å². The standard InChI is InChI=1S/C24H43O7Si3/c1-17(2)16-24(3,32(30-33(7,8)9)31-34(10,11)12)19-15-18(13-14-20(25)26)21(27-4)23(29-6)22(19)28-5/h13-15,17H,16H2,1-12H3,(H,25,26). The summed E-state index contributed by atoms with van der Waals surface area (Å²) in [7, 11) is -1.11. The molecule has 1 rings (SSSR count). The maximum atomic E-state index is 11.3. The first kappa shape index (κ1) is 30.4. The largest absolute Gasteiger partial charge is 0.492 e. The van der Waals surface area contributed by atoms with Gasteiger partial charge in [-0.2, -0.15) is 0 Å². The Bertz CT molecular complexity index is 857. The van der Waals surface area contributed by atoms with E-state index in [1.807, 2.05) is 6.07 Å². The van der Waals surface area contributed by atoms with E-state index in [1.165, 1.54) is 13.2 Å². The topological polar surface area (TPSA) is 83.5 Å². The highest BCUT2D eigenvalue weighted by atomic mass is 28.4. The molecule has 0 aliphatic heterocycles. The zero-order valence-corrected chi connectivity index (χ0v) is 25.9. The summed E-state index contributed by atoms with van der Waals surface area (Å²) in [6.45, 7) is 19.6. The lowest BCUT2D eigenvalue weighted by atomic mass is 9.88. The summed E-state index contributed by atoms with van der Waals surface area (Å²) in [5.41, 5.74) is 1.46. The van der Waals surface area contributed by atoms with E-state index in [9.17, 15) is 9.90 Å². The molecule has 10 heteroatoms. The quantitative estimate of drug-likeness (QED) is 0.255. The highest BCUT2D eigenvalue weighted by molar-refractivity contribution is 6.81. The van der Waals surface area contributed by atoms with Crippen molar-refractivity contribution >= 4 is 38.0 Å². The summed E-state index contributed by atoms with van der Waals surface area (Å²) < 4.78 is 30.9. The smallest absolute Gasteiger partial charge is 0.374 e. The minimum Gasteiger partial charge on any atom is -0.492 e. The van der Waals surface area contributed by atoms with Crippen LogP contribution in [0.15, 0.2) is 12.1 Å². The van der Waals surface area contributed by atoms with Crippen LogP contribution in [0.25, 0.3) is 6.08 Å². The summed E-state index contributed by atoms with van der Waals surface area (Å²) in [5.74, 6) is 0.688. The third-order valence-corrected chi connectivity index (χ3v) is 12.7. The van der Waals surface area contributed by atoms with Crippen LogP contribution >= 0.6 is 0 Å². The van der Waals surface area contributed by atoms with Crippen molar-refractivity contribution in [3.8, 4) is 17.2 Å². The molecule has 0 heterocycles. The van der Waals surface area contributed by atoms with Gasteiger partial charge in [-0.3, -0.25) is 0 Å². The van der Waals surface area contributed by atoms with Gasteiger partial charge in [0.05, 0.1) is 21.3 Å². The van der Waals surface area contributed by atoms with E-state index in [0.29, 0.717) is 28.7 Å². The molecule has 0 saturated heterocycles. The number of benzene rings is 1. The number of hydrogen-bond acceptors (Lipinski definition) is 6. The normalized spacial score (nSPS) is 14.5. The van der Waals surface area contributed by atoms with E-state index < -0.39 is 36.9 Å². The van der Waals surface area contributed by atoms with Crippen molar-refractivity contribution < 1.29 is 32.3 Å². The van der Waals surface area contributed by atoms with Crippen LogP contribution in [0, 0.1) is 5.92 Å². The van der Waals surface area contributed by atoms with Gasteiger partial charge in [0.15, 0.2) is 28.1 Å². The van der Waals surface area contributed by atoms with Gasteiger partial charge >= 0.3 is 15.3 Å². The fraction of sp³-hybridized carbons (Fsp3) is 0.625. The lowest BCUT2D eigenvalue weighted by Gasteiger charge is -2.42. The van der Waals surface area contributed by atoms with Gasteiger partial charge in [0, 0.05) is 22.2 Å². The first-order chi connectivity index (χ1) is 15.5. The van der Waals surface area contributed by atoms with E-state index in [1.54, 1.807) is 14.2 Å². The number of methoxy groups -OCH3 is 3. The van der Waals surface area contributed by atoms with Crippen LogP contribution < -0.4 is 14.2 Å². The second-order valence-electron chi connectivity index (χ2n) is 10.9. The van der Waals surface area contributed by atoms with E-state index >= 15 is 0 Å². The number of ether oxygens (including phenoxy) is 3. The second-order valence-corrected chi connectivity index (χ2v) is 22.7. The van der Waals surface area contributed by atoms with Crippen LogP contribution in [-0.4, -0.2) is 58.3 Å². The predicted octanol–water partition coefficient (Wildman–Crippen LogP) is 5.84. The monoisotopic (exact) mass is 527 g/mol. The average Bonchev–Trinajstić information content (AvgIpc) is 2.67. The number of aliphatic carboxylic acids is 1. The van der Waals surface area contributed by atoms with Crippen LogP contribution in [0.4, 0.5) is 0 Å². The van der Waals surface area contributed by atoms with Crippen molar-refractivity contribution in [3.05, 3.63) is 23.3 Å². The minimum atomic E-state index is -1.97. The molecule has 0 bridgehead atoms. The molecule has 7 nitrogen and oxygen atoms in total. The Labute approximate surface area is 209 Å². The van der Waals surface area contributed by atoms with Crippen molar-refractivity contribution in [2.45, 2.75) is 71.5 Å². The first-order valence-electron chi connectivity index (χ1n) is 11.5. The minimum absolute atomic E-state index is 0.344. The Morgan fingerprint density at radius 3 is 1.79 bits per heavy atom. The molecule has 0 fully saturated rings. The molecule has 1 atom stereocenters. The van der Waals surface area contributed by atoms with Crippen LogP contribution in [0.2, 0.25) is 39.3 Å². The second kappa shape index (κ2) is 11.9. The molecule has 34 heavy (non-hydrogen) atoms. The number of carboxylic acids is 1. The van der Waals surface area contributed by atoms with Crippen LogP contribution in [0.3, 0.4) is 0 Å². The lowest BCUT2D eigenvalue weighted by molar-refractivity contribution is -0.131. The third kappa shape index (κ3) is 8.26. The van der Waals surface area contributed by atoms with E-state index in [2.05, 4.69) is 60.1 Å². The van der Waals surface area contributed by atoms with Crippen LogP contribution in [0.1, 0.15) is 38.3 Å². The highest BCUT2D eigenvalue weighted by Crippen LogP contribution is 2.50. The van der Waals surface area contributed by atoms with Crippen LogP contribution in [-0.2, 0) is 18.1 Å². The van der Waals surface area contributed by atoms with E-state index in [-0.39, 0.29) is 0 Å². The molecule has 1 unspecified atom stereocenters. The average molecular weight is 528 g/mol. The van der Waals surface area contributed by atoms with Crippen molar-refractivity contribution in [1.29, 1.82) is 0 Å². The maximum absolute atomic E-state index is 11.3. The summed E-state index contributed by atoms with van der Waals surface area (Å²) in [6, 6.07) is 1.94. The molecular weight excluding hydrogens is 485 g/mol. The molecule has 1 N–H and O–H groups in total. The zero-order chi connectivity index (χ0) is 26.5. The number of hydrogen-bond donors (Lipinski definition) is 1. The fourth-order valence-corrected chi connectivity index (χ4v) is 11.6. The molecule has 193 valence electrons. The molecule has 1 aromatic rings. The van der Waals surface area contributed by atoms with Gasteiger partial charge in [-0.25, -0.2) is 4.79 Å². The summed E-state index contributed by atoms with van der Waals surface area (Å²) in [6.07, 6.45) is 3.41. The summed E-state index contributed by atoms with van der Waals surface area (Å²) in [4.78, 5) is 11.3. The number of carbonyl (C=O) groups is 1. The molecule has 0 amide bonds. The van der Waals surface area contributed by atoms with E-state index in [0.717, 1.165) is 18.1 Å².